The minimum absolute atomic E-state index is 0.0716. The van der Waals surface area contributed by atoms with Gasteiger partial charge in [-0.1, -0.05) is 39.0 Å². The Morgan fingerprint density at radius 3 is 2.38 bits per heavy atom. The lowest BCUT2D eigenvalue weighted by molar-refractivity contribution is 0.154. The van der Waals surface area contributed by atoms with Gasteiger partial charge >= 0.3 is 0 Å². The molecule has 34 heavy (non-hydrogen) atoms. The maximum absolute atomic E-state index is 9.05. The van der Waals surface area contributed by atoms with Gasteiger partial charge in [-0.05, 0) is 73.8 Å². The average molecular weight is 473 g/mol. The predicted octanol–water partition coefficient (Wildman–Crippen LogP) is 7.20. The van der Waals surface area contributed by atoms with E-state index in [1.165, 1.54) is 0 Å². The molecule has 0 saturated carbocycles. The first-order chi connectivity index (χ1) is 15.9. The number of hydrogen-bond acceptors (Lipinski definition) is 5. The van der Waals surface area contributed by atoms with Gasteiger partial charge in [0.25, 0.3) is 0 Å². The summed E-state index contributed by atoms with van der Waals surface area (Å²) in [6, 6.07) is 15.1. The maximum atomic E-state index is 9.05. The number of aromatic nitrogens is 2. The summed E-state index contributed by atoms with van der Waals surface area (Å²) in [5, 5.41) is 17.8. The number of rotatable bonds is 7. The van der Waals surface area contributed by atoms with Crippen LogP contribution in [0.5, 0.6) is 0 Å². The molecule has 0 saturated heterocycles. The molecule has 0 fully saturated rings. The molecule has 2 atom stereocenters. The van der Waals surface area contributed by atoms with E-state index >= 15 is 0 Å². The smallest absolute Gasteiger partial charge is 0.247 e. The van der Waals surface area contributed by atoms with E-state index in [1.807, 2.05) is 31.2 Å². The lowest BCUT2D eigenvalue weighted by atomic mass is 9.93. The molecule has 0 aliphatic rings. The summed E-state index contributed by atoms with van der Waals surface area (Å²) in [4.78, 5) is 3.58. The van der Waals surface area contributed by atoms with Crippen LogP contribution in [0.4, 0.5) is 5.69 Å². The molecular weight excluding hydrogens is 440 g/mol. The third-order valence-electron chi connectivity index (χ3n) is 6.71. The molecule has 1 heterocycles. The van der Waals surface area contributed by atoms with Gasteiger partial charge in [0.1, 0.15) is 0 Å². The second-order valence-electron chi connectivity index (χ2n) is 10.3. The van der Waals surface area contributed by atoms with E-state index in [0.717, 1.165) is 16.7 Å². The molecule has 0 bridgehead atoms. The molecule has 0 N–H and O–H groups in total. The Hall–Kier alpha value is -3.26. The van der Waals surface area contributed by atoms with Crippen LogP contribution in [-0.2, 0) is 10.8 Å². The van der Waals surface area contributed by atoms with Crippen molar-refractivity contribution in [3.63, 3.8) is 0 Å². The van der Waals surface area contributed by atoms with Crippen LogP contribution in [0.2, 0.25) is 18.1 Å². The summed E-state index contributed by atoms with van der Waals surface area (Å²) in [7, 11) is -2.03. The molecule has 3 aromatic rings. The number of hydrogen-bond donors (Lipinski definition) is 0. The molecule has 2 aromatic carbocycles. The van der Waals surface area contributed by atoms with Gasteiger partial charge in [0, 0.05) is 5.56 Å². The van der Waals surface area contributed by atoms with E-state index in [-0.39, 0.29) is 17.1 Å². The second kappa shape index (κ2) is 9.93. The molecule has 7 heteroatoms. The van der Waals surface area contributed by atoms with Gasteiger partial charge in [-0.15, -0.1) is 10.2 Å². The highest BCUT2D eigenvalue weighted by molar-refractivity contribution is 6.74. The zero-order chi connectivity index (χ0) is 25.1. The van der Waals surface area contributed by atoms with E-state index in [0.29, 0.717) is 29.5 Å². The molecule has 0 radical (unpaired) electrons. The highest BCUT2D eigenvalue weighted by atomic mass is 28.4. The number of benzene rings is 2. The molecule has 3 rings (SSSR count). The van der Waals surface area contributed by atoms with Gasteiger partial charge in [0.2, 0.25) is 11.8 Å². The highest BCUT2D eigenvalue weighted by Crippen LogP contribution is 2.40. The number of aryl methyl sites for hydroxylation is 1. The van der Waals surface area contributed by atoms with Crippen LogP contribution >= 0.6 is 0 Å². The number of nitriles is 1. The molecular formula is C27H32N4O2Si. The quantitative estimate of drug-likeness (QED) is 0.268. The van der Waals surface area contributed by atoms with Crippen molar-refractivity contribution in [3.05, 3.63) is 76.5 Å². The van der Waals surface area contributed by atoms with Crippen LogP contribution < -0.4 is 0 Å². The fraction of sp³-hybridized carbons (Fsp3) is 0.407. The van der Waals surface area contributed by atoms with Gasteiger partial charge in [0.05, 0.1) is 30.2 Å². The van der Waals surface area contributed by atoms with Crippen molar-refractivity contribution in [2.24, 2.45) is 0 Å². The molecule has 0 aliphatic heterocycles. The van der Waals surface area contributed by atoms with Crippen LogP contribution in [0.3, 0.4) is 0 Å². The third kappa shape index (κ3) is 5.62. The van der Waals surface area contributed by atoms with Gasteiger partial charge in [-0.2, -0.15) is 5.26 Å². The van der Waals surface area contributed by atoms with Crippen molar-refractivity contribution in [1.82, 2.24) is 10.2 Å². The van der Waals surface area contributed by atoms with Crippen LogP contribution in [0.1, 0.15) is 56.2 Å². The monoisotopic (exact) mass is 472 g/mol. The van der Waals surface area contributed by atoms with E-state index in [4.69, 9.17) is 20.7 Å². The lowest BCUT2D eigenvalue weighted by Crippen LogP contribution is -2.44. The summed E-state index contributed by atoms with van der Waals surface area (Å²) < 4.78 is 12.9. The summed E-state index contributed by atoms with van der Waals surface area (Å²) in [5.74, 6) is 0.799. The van der Waals surface area contributed by atoms with Crippen molar-refractivity contribution < 1.29 is 8.84 Å². The summed E-state index contributed by atoms with van der Waals surface area (Å²) in [5.41, 5.74) is 4.06. The fourth-order valence-electron chi connectivity index (χ4n) is 3.59. The summed E-state index contributed by atoms with van der Waals surface area (Å²) in [6.45, 7) is 22.5. The van der Waals surface area contributed by atoms with E-state index in [2.05, 4.69) is 68.0 Å². The Balaban J connectivity index is 1.96. The Labute approximate surface area is 203 Å². The fourth-order valence-corrected chi connectivity index (χ4v) is 5.04. The normalized spacial score (nSPS) is 13.7. The minimum atomic E-state index is -2.03. The average Bonchev–Trinajstić information content (AvgIpc) is 3.26. The van der Waals surface area contributed by atoms with Crippen molar-refractivity contribution in [2.45, 2.75) is 71.2 Å². The molecule has 0 unspecified atom stereocenters. The molecule has 0 spiro atoms. The van der Waals surface area contributed by atoms with Gasteiger partial charge in [-0.3, -0.25) is 0 Å². The zero-order valence-electron chi connectivity index (χ0n) is 21.0. The standard InChI is InChI=1S/C27H32N4O2Si/c1-18-15-21(11-14-24(18)29-6)16-23(19(2)33-34(7,8)27(3,4)5)26-31-30-25(32-26)22-12-9-20(17-28)10-13-22/h9-15,19,23H,16H2,1-5,7-8H3/t19-,23-/m1/s1. The van der Waals surface area contributed by atoms with Crippen LogP contribution in [0, 0.1) is 24.8 Å². The van der Waals surface area contributed by atoms with Crippen molar-refractivity contribution in [2.75, 3.05) is 0 Å². The van der Waals surface area contributed by atoms with Crippen LogP contribution in [0.25, 0.3) is 16.3 Å². The Morgan fingerprint density at radius 1 is 1.15 bits per heavy atom. The highest BCUT2D eigenvalue weighted by Gasteiger charge is 2.40. The third-order valence-corrected chi connectivity index (χ3v) is 11.3. The Morgan fingerprint density at radius 2 is 1.82 bits per heavy atom. The first-order valence-electron chi connectivity index (χ1n) is 11.4. The molecule has 176 valence electrons. The molecule has 6 nitrogen and oxygen atoms in total. The summed E-state index contributed by atoms with van der Waals surface area (Å²) >= 11 is 0. The maximum Gasteiger partial charge on any atom is 0.247 e. The number of nitrogens with zero attached hydrogens (tertiary/aromatic N) is 4. The van der Waals surface area contributed by atoms with E-state index < -0.39 is 8.32 Å². The SMILES string of the molecule is [C-]#[N+]c1ccc(C[C@@H](c2nnc(-c3ccc(C#N)cc3)o2)[C@@H](C)O[Si](C)(C)C(C)(C)C)cc1C. The lowest BCUT2D eigenvalue weighted by Gasteiger charge is -2.40. The Bertz CT molecular complexity index is 1230. The second-order valence-corrected chi connectivity index (χ2v) is 15.0. The van der Waals surface area contributed by atoms with E-state index in [9.17, 15) is 0 Å². The van der Waals surface area contributed by atoms with E-state index in [1.54, 1.807) is 12.1 Å². The van der Waals surface area contributed by atoms with Crippen molar-refractivity contribution in [3.8, 4) is 17.5 Å². The Kier molecular flexibility index (Phi) is 7.40. The van der Waals surface area contributed by atoms with Crippen molar-refractivity contribution >= 4 is 14.0 Å². The largest absolute Gasteiger partial charge is 0.420 e. The van der Waals surface area contributed by atoms with Crippen LogP contribution in [0.15, 0.2) is 46.9 Å². The van der Waals surface area contributed by atoms with Crippen LogP contribution in [-0.4, -0.2) is 24.6 Å². The van der Waals surface area contributed by atoms with Crippen molar-refractivity contribution in [1.29, 1.82) is 5.26 Å². The topological polar surface area (TPSA) is 76.3 Å². The molecule has 0 aliphatic carbocycles. The first kappa shape index (κ1) is 25.4. The van der Waals surface area contributed by atoms with Gasteiger partial charge in [0.15, 0.2) is 14.0 Å². The minimum Gasteiger partial charge on any atom is -0.420 e. The zero-order valence-corrected chi connectivity index (χ0v) is 22.0. The van der Waals surface area contributed by atoms with Gasteiger partial charge < -0.3 is 8.84 Å². The molecule has 1 aromatic heterocycles. The summed E-state index contributed by atoms with van der Waals surface area (Å²) in [6.07, 6.45) is 0.514. The first-order valence-corrected chi connectivity index (χ1v) is 14.3. The van der Waals surface area contributed by atoms with Gasteiger partial charge in [-0.25, -0.2) is 4.85 Å². The predicted molar refractivity (Wildman–Crippen MR) is 136 cm³/mol. The molecule has 0 amide bonds.